The number of alkyl halides is 2. The summed E-state index contributed by atoms with van der Waals surface area (Å²) in [5.41, 5.74) is 4.16. The molecular weight excluding hydrogens is 230 g/mol. The molecule has 0 aromatic heterocycles. The molecule has 1 unspecified atom stereocenters. The van der Waals surface area contributed by atoms with E-state index in [9.17, 15) is 18.9 Å². The van der Waals surface area contributed by atoms with Gasteiger partial charge in [0, 0.05) is 24.6 Å². The molecule has 0 spiro atoms. The Bertz CT molecular complexity index is 490. The quantitative estimate of drug-likeness (QED) is 0.652. The van der Waals surface area contributed by atoms with Gasteiger partial charge in [-0.05, 0) is 12.5 Å². The van der Waals surface area contributed by atoms with E-state index in [1.165, 1.54) is 12.1 Å². The fraction of sp³-hybridized carbons (Fsp3) is 0.455. The van der Waals surface area contributed by atoms with Crippen LogP contribution < -0.4 is 5.73 Å². The zero-order valence-corrected chi connectivity index (χ0v) is 9.24. The van der Waals surface area contributed by atoms with E-state index in [2.05, 4.69) is 0 Å². The van der Waals surface area contributed by atoms with Gasteiger partial charge in [0.25, 0.3) is 11.6 Å². The summed E-state index contributed by atoms with van der Waals surface area (Å²) in [6.45, 7) is 1.31. The van der Waals surface area contributed by atoms with Crippen molar-refractivity contribution in [3.8, 4) is 0 Å². The van der Waals surface area contributed by atoms with Gasteiger partial charge >= 0.3 is 0 Å². The molecule has 6 heteroatoms. The minimum Gasteiger partial charge on any atom is -0.329 e. The number of nitro groups is 1. The number of benzene rings is 1. The highest BCUT2D eigenvalue weighted by Crippen LogP contribution is 2.63. The number of halogens is 2. The smallest absolute Gasteiger partial charge is 0.273 e. The molecule has 1 atom stereocenters. The van der Waals surface area contributed by atoms with Gasteiger partial charge in [-0.1, -0.05) is 12.1 Å². The Kier molecular flexibility index (Phi) is 2.43. The lowest BCUT2D eigenvalue weighted by Gasteiger charge is -2.16. The first-order valence-electron chi connectivity index (χ1n) is 5.18. The minimum absolute atomic E-state index is 0.0810. The Hall–Kier alpha value is -1.56. The fourth-order valence-electron chi connectivity index (χ4n) is 2.36. The van der Waals surface area contributed by atoms with Crippen LogP contribution in [0.2, 0.25) is 0 Å². The molecule has 92 valence electrons. The first-order valence-corrected chi connectivity index (χ1v) is 5.18. The minimum atomic E-state index is -2.95. The highest BCUT2D eigenvalue weighted by atomic mass is 19.3. The number of hydrogen-bond donors (Lipinski definition) is 1. The monoisotopic (exact) mass is 242 g/mol. The molecule has 17 heavy (non-hydrogen) atoms. The van der Waals surface area contributed by atoms with Gasteiger partial charge in [-0.25, -0.2) is 8.78 Å². The molecule has 2 rings (SSSR count). The van der Waals surface area contributed by atoms with Crippen LogP contribution >= 0.6 is 0 Å². The third-order valence-corrected chi connectivity index (χ3v) is 3.37. The summed E-state index contributed by atoms with van der Waals surface area (Å²) < 4.78 is 26.9. The zero-order chi connectivity index (χ0) is 12.8. The number of nitrogens with two attached hydrogens (primary N) is 1. The molecule has 0 bridgehead atoms. The van der Waals surface area contributed by atoms with Crippen LogP contribution in [0.5, 0.6) is 0 Å². The van der Waals surface area contributed by atoms with Gasteiger partial charge in [0.15, 0.2) is 0 Å². The summed E-state index contributed by atoms with van der Waals surface area (Å²) in [5, 5.41) is 10.9. The van der Waals surface area contributed by atoms with Crippen LogP contribution in [0.15, 0.2) is 18.2 Å². The van der Waals surface area contributed by atoms with Crippen molar-refractivity contribution in [1.29, 1.82) is 0 Å². The second-order valence-electron chi connectivity index (χ2n) is 4.39. The maximum absolute atomic E-state index is 13.5. The van der Waals surface area contributed by atoms with Gasteiger partial charge < -0.3 is 5.73 Å². The summed E-state index contributed by atoms with van der Waals surface area (Å²) in [5.74, 6) is -2.95. The Balaban J connectivity index is 2.64. The van der Waals surface area contributed by atoms with Gasteiger partial charge in [0.05, 0.1) is 10.3 Å². The highest BCUT2D eigenvalue weighted by molar-refractivity contribution is 5.55. The predicted molar refractivity (Wildman–Crippen MR) is 58.1 cm³/mol. The molecular formula is C11H12F2N2O2. The highest BCUT2D eigenvalue weighted by Gasteiger charge is 2.73. The molecule has 0 saturated heterocycles. The van der Waals surface area contributed by atoms with E-state index in [0.29, 0.717) is 5.56 Å². The van der Waals surface area contributed by atoms with Crippen molar-refractivity contribution in [1.82, 2.24) is 0 Å². The predicted octanol–water partition coefficient (Wildman–Crippen LogP) is 2.14. The lowest BCUT2D eigenvalue weighted by molar-refractivity contribution is -0.386. The van der Waals surface area contributed by atoms with Crippen LogP contribution in [0, 0.1) is 17.0 Å². The molecule has 0 radical (unpaired) electrons. The van der Waals surface area contributed by atoms with Crippen molar-refractivity contribution < 1.29 is 13.7 Å². The topological polar surface area (TPSA) is 69.2 Å². The van der Waals surface area contributed by atoms with Crippen LogP contribution in [0.3, 0.4) is 0 Å². The number of nitro benzene ring substituents is 1. The SMILES string of the molecule is Cc1cccc([N+](=O)[O-])c1C1(CN)CC1(F)F. The van der Waals surface area contributed by atoms with Gasteiger partial charge in [0.2, 0.25) is 0 Å². The van der Waals surface area contributed by atoms with Crippen molar-refractivity contribution in [2.24, 2.45) is 5.73 Å². The van der Waals surface area contributed by atoms with Gasteiger partial charge in [-0.3, -0.25) is 10.1 Å². The van der Waals surface area contributed by atoms with Crippen molar-refractivity contribution in [3.63, 3.8) is 0 Å². The molecule has 1 saturated carbocycles. The Morgan fingerprint density at radius 2 is 2.12 bits per heavy atom. The van der Waals surface area contributed by atoms with Crippen LogP contribution in [0.1, 0.15) is 17.5 Å². The fourth-order valence-corrected chi connectivity index (χ4v) is 2.36. The molecule has 1 aromatic carbocycles. The third-order valence-electron chi connectivity index (χ3n) is 3.37. The average Bonchev–Trinajstić information content (AvgIpc) is 2.81. The van der Waals surface area contributed by atoms with Crippen LogP contribution in [0.25, 0.3) is 0 Å². The van der Waals surface area contributed by atoms with Crippen LogP contribution in [0.4, 0.5) is 14.5 Å². The first kappa shape index (κ1) is 11.9. The molecule has 1 aromatic rings. The summed E-state index contributed by atoms with van der Waals surface area (Å²) in [4.78, 5) is 10.3. The summed E-state index contributed by atoms with van der Waals surface area (Å²) in [7, 11) is 0. The average molecular weight is 242 g/mol. The largest absolute Gasteiger partial charge is 0.329 e. The lowest BCUT2D eigenvalue weighted by atomic mass is 9.89. The van der Waals surface area contributed by atoms with Gasteiger partial charge in [-0.2, -0.15) is 0 Å². The van der Waals surface area contributed by atoms with E-state index in [4.69, 9.17) is 5.73 Å². The lowest BCUT2D eigenvalue weighted by Crippen LogP contribution is -2.28. The molecule has 1 aliphatic carbocycles. The van der Waals surface area contributed by atoms with Crippen molar-refractivity contribution >= 4 is 5.69 Å². The summed E-state index contributed by atoms with van der Waals surface area (Å²) in [6.07, 6.45) is -0.414. The number of nitrogens with zero attached hydrogens (tertiary/aromatic N) is 1. The molecule has 0 heterocycles. The molecule has 4 nitrogen and oxygen atoms in total. The number of rotatable bonds is 3. The zero-order valence-electron chi connectivity index (χ0n) is 9.24. The Morgan fingerprint density at radius 3 is 2.53 bits per heavy atom. The van der Waals surface area contributed by atoms with E-state index < -0.39 is 22.7 Å². The maximum atomic E-state index is 13.5. The maximum Gasteiger partial charge on any atom is 0.273 e. The standard InChI is InChI=1S/C11H12F2N2O2/c1-7-3-2-4-8(15(16)17)9(7)10(6-14)5-11(10,12)13/h2-4H,5-6,14H2,1H3. The second-order valence-corrected chi connectivity index (χ2v) is 4.39. The van der Waals surface area contributed by atoms with Crippen molar-refractivity contribution in [2.75, 3.05) is 6.54 Å². The van der Waals surface area contributed by atoms with E-state index >= 15 is 0 Å². The number of aryl methyl sites for hydroxylation is 1. The number of hydrogen-bond acceptors (Lipinski definition) is 3. The van der Waals surface area contributed by atoms with E-state index in [-0.39, 0.29) is 17.8 Å². The normalized spacial score (nSPS) is 25.6. The molecule has 2 N–H and O–H groups in total. The van der Waals surface area contributed by atoms with E-state index in [1.54, 1.807) is 13.0 Å². The second kappa shape index (κ2) is 3.46. The Labute approximate surface area is 96.6 Å². The van der Waals surface area contributed by atoms with Gasteiger partial charge in [0.1, 0.15) is 0 Å². The molecule has 0 aliphatic heterocycles. The van der Waals surface area contributed by atoms with Crippen LogP contribution in [-0.4, -0.2) is 17.4 Å². The van der Waals surface area contributed by atoms with Crippen molar-refractivity contribution in [2.45, 2.75) is 24.7 Å². The summed E-state index contributed by atoms with van der Waals surface area (Å²) >= 11 is 0. The van der Waals surface area contributed by atoms with Crippen molar-refractivity contribution in [3.05, 3.63) is 39.4 Å². The van der Waals surface area contributed by atoms with Crippen LogP contribution in [-0.2, 0) is 5.41 Å². The van der Waals surface area contributed by atoms with Gasteiger partial charge in [-0.15, -0.1) is 0 Å². The molecule has 1 aliphatic rings. The summed E-state index contributed by atoms with van der Waals surface area (Å²) in [6, 6.07) is 4.32. The van der Waals surface area contributed by atoms with E-state index in [1.807, 2.05) is 0 Å². The first-order chi connectivity index (χ1) is 7.85. The molecule has 0 amide bonds. The third kappa shape index (κ3) is 1.51. The molecule has 1 fully saturated rings. The Morgan fingerprint density at radius 1 is 1.53 bits per heavy atom. The van der Waals surface area contributed by atoms with E-state index in [0.717, 1.165) is 0 Å².